The summed E-state index contributed by atoms with van der Waals surface area (Å²) in [6.45, 7) is 17.8. The van der Waals surface area contributed by atoms with E-state index in [4.69, 9.17) is 23.3 Å². The summed E-state index contributed by atoms with van der Waals surface area (Å²) in [5, 5.41) is 8.43. The first kappa shape index (κ1) is 41.5. The molecule has 0 saturated carbocycles. The summed E-state index contributed by atoms with van der Waals surface area (Å²) in [6, 6.07) is 24.3. The monoisotopic (exact) mass is 800 g/mol. The Morgan fingerprint density at radius 2 is 1.15 bits per heavy atom. The fraction of sp³-hybridized carbons (Fsp3) is 0.435. The van der Waals surface area contributed by atoms with Gasteiger partial charge >= 0.3 is 0 Å². The average molecular weight is 801 g/mol. The lowest BCUT2D eigenvalue weighted by Gasteiger charge is -2.16. The largest absolute Gasteiger partial charge is 0.495 e. The molecule has 0 spiro atoms. The van der Waals surface area contributed by atoms with Gasteiger partial charge in [0.15, 0.2) is 11.6 Å². The van der Waals surface area contributed by atoms with Gasteiger partial charge in [-0.15, -0.1) is 0 Å². The predicted molar refractivity (Wildman–Crippen MR) is 225 cm³/mol. The zero-order valence-electron chi connectivity index (χ0n) is 35.1. The highest BCUT2D eigenvalue weighted by molar-refractivity contribution is 5.48. The lowest BCUT2D eigenvalue weighted by atomic mass is 10.1. The standard InChI is InChI=1S/C23H28N4O3.C23H28N4O2/c1-16(2)15-29-19-6-4-5-17(11-19)13-27-10-9-18(14-27)22-25-23(30-26-22)21-8-7-20(28-3)12-24-21;1-16(2)15-28-20-6-4-5-18(11-20)13-27-10-9-19(14-27)22-25-23(29-26-22)21-8-7-17(3)12-24-21/h4-8,11-12,16,18H,9-10,13-15H2,1-3H3;4-8,11-12,16,19H,9-10,13-15H2,1-3H3. The maximum atomic E-state index is 5.86. The van der Waals surface area contributed by atoms with Crippen molar-refractivity contribution in [3.63, 3.8) is 0 Å². The van der Waals surface area contributed by atoms with E-state index in [0.717, 1.165) is 99.7 Å². The number of aromatic nitrogens is 6. The van der Waals surface area contributed by atoms with Crippen LogP contribution in [0.1, 0.15) is 80.7 Å². The minimum Gasteiger partial charge on any atom is -0.495 e. The first-order valence-corrected chi connectivity index (χ1v) is 20.7. The SMILES string of the molecule is COc1ccc(-c2nc(C3CCN(Cc4cccc(OCC(C)C)c4)C3)no2)nc1.Cc1ccc(-c2nc(C3CCN(Cc4cccc(OCC(C)C)c4)C3)no2)nc1. The number of pyridine rings is 2. The molecular formula is C46H56N8O5. The van der Waals surface area contributed by atoms with Crippen LogP contribution in [-0.2, 0) is 13.1 Å². The number of hydrogen-bond acceptors (Lipinski definition) is 13. The van der Waals surface area contributed by atoms with Crippen LogP contribution >= 0.6 is 0 Å². The Kier molecular flexibility index (Phi) is 14.0. The molecule has 0 radical (unpaired) electrons. The molecule has 310 valence electrons. The van der Waals surface area contributed by atoms with Crippen LogP contribution in [0, 0.1) is 18.8 Å². The molecule has 6 aromatic rings. The molecule has 13 nitrogen and oxygen atoms in total. The highest BCUT2D eigenvalue weighted by Gasteiger charge is 2.29. The molecule has 0 N–H and O–H groups in total. The highest BCUT2D eigenvalue weighted by Crippen LogP contribution is 2.30. The van der Waals surface area contributed by atoms with E-state index in [1.807, 2.05) is 49.5 Å². The Morgan fingerprint density at radius 1 is 0.644 bits per heavy atom. The van der Waals surface area contributed by atoms with Gasteiger partial charge in [-0.25, -0.2) is 4.98 Å². The van der Waals surface area contributed by atoms with Gasteiger partial charge in [-0.05, 0) is 104 Å². The molecule has 2 aliphatic rings. The smallest absolute Gasteiger partial charge is 0.276 e. The van der Waals surface area contributed by atoms with Crippen molar-refractivity contribution < 1.29 is 23.3 Å². The molecule has 0 amide bonds. The Bertz CT molecular complexity index is 2200. The minimum absolute atomic E-state index is 0.265. The number of likely N-dealkylation sites (tertiary alicyclic amines) is 2. The first-order chi connectivity index (χ1) is 28.7. The third-order valence-corrected chi connectivity index (χ3v) is 10.3. The second kappa shape index (κ2) is 19.9. The molecular weight excluding hydrogens is 745 g/mol. The normalized spacial score (nSPS) is 17.0. The summed E-state index contributed by atoms with van der Waals surface area (Å²) in [7, 11) is 1.61. The van der Waals surface area contributed by atoms with E-state index < -0.39 is 0 Å². The van der Waals surface area contributed by atoms with Gasteiger partial charge in [-0.3, -0.25) is 14.8 Å². The number of methoxy groups -OCH3 is 1. The van der Waals surface area contributed by atoms with Crippen LogP contribution in [0.5, 0.6) is 17.2 Å². The molecule has 2 aromatic carbocycles. The summed E-state index contributed by atoms with van der Waals surface area (Å²) in [5.41, 5.74) is 5.02. The van der Waals surface area contributed by atoms with Gasteiger partial charge in [-0.2, -0.15) is 9.97 Å². The lowest BCUT2D eigenvalue weighted by Crippen LogP contribution is -2.20. The van der Waals surface area contributed by atoms with Crippen molar-refractivity contribution in [2.75, 3.05) is 46.5 Å². The number of aryl methyl sites for hydroxylation is 1. The summed E-state index contributed by atoms with van der Waals surface area (Å²) < 4.78 is 27.8. The molecule has 2 unspecified atom stereocenters. The van der Waals surface area contributed by atoms with Crippen LogP contribution in [-0.4, -0.2) is 86.6 Å². The molecule has 6 heterocycles. The predicted octanol–water partition coefficient (Wildman–Crippen LogP) is 8.63. The van der Waals surface area contributed by atoms with Crippen molar-refractivity contribution in [2.45, 2.75) is 72.4 Å². The van der Waals surface area contributed by atoms with E-state index in [2.05, 4.69) is 104 Å². The number of hydrogen-bond donors (Lipinski definition) is 0. The van der Waals surface area contributed by atoms with E-state index in [-0.39, 0.29) is 5.92 Å². The molecule has 2 fully saturated rings. The Hall–Kier alpha value is -5.66. The van der Waals surface area contributed by atoms with E-state index >= 15 is 0 Å². The lowest BCUT2D eigenvalue weighted by molar-refractivity contribution is 0.269. The molecule has 2 saturated heterocycles. The third-order valence-electron chi connectivity index (χ3n) is 10.3. The second-order valence-corrected chi connectivity index (χ2v) is 16.4. The number of benzene rings is 2. The molecule has 4 aromatic heterocycles. The molecule has 2 atom stereocenters. The maximum absolute atomic E-state index is 5.86. The van der Waals surface area contributed by atoms with Crippen molar-refractivity contribution in [3.05, 3.63) is 114 Å². The molecule has 0 bridgehead atoms. The molecule has 13 heteroatoms. The number of ether oxygens (including phenoxy) is 3. The second-order valence-electron chi connectivity index (χ2n) is 16.4. The van der Waals surface area contributed by atoms with Crippen LogP contribution in [0.4, 0.5) is 0 Å². The van der Waals surface area contributed by atoms with Gasteiger partial charge in [0.2, 0.25) is 0 Å². The third kappa shape index (κ3) is 11.7. The van der Waals surface area contributed by atoms with Crippen LogP contribution in [0.2, 0.25) is 0 Å². The summed E-state index contributed by atoms with van der Waals surface area (Å²) in [4.78, 5) is 22.7. The Balaban J connectivity index is 0.000000179. The molecule has 8 rings (SSSR count). The number of rotatable bonds is 15. The van der Waals surface area contributed by atoms with Crippen LogP contribution < -0.4 is 14.2 Å². The fourth-order valence-corrected chi connectivity index (χ4v) is 7.11. The van der Waals surface area contributed by atoms with Crippen LogP contribution in [0.25, 0.3) is 23.2 Å². The summed E-state index contributed by atoms with van der Waals surface area (Å²) in [6.07, 6.45) is 5.51. The van der Waals surface area contributed by atoms with Crippen molar-refractivity contribution in [3.8, 4) is 40.4 Å². The minimum atomic E-state index is 0.265. The quantitative estimate of drug-likeness (QED) is 0.0981. The van der Waals surface area contributed by atoms with Gasteiger partial charge in [0.1, 0.15) is 28.6 Å². The van der Waals surface area contributed by atoms with Gasteiger partial charge < -0.3 is 23.3 Å². The highest BCUT2D eigenvalue weighted by atomic mass is 16.5. The van der Waals surface area contributed by atoms with E-state index in [1.54, 1.807) is 13.3 Å². The maximum Gasteiger partial charge on any atom is 0.276 e. The topological polar surface area (TPSA) is 138 Å². The van der Waals surface area contributed by atoms with Gasteiger partial charge in [0.05, 0.1) is 26.5 Å². The Labute approximate surface area is 347 Å². The zero-order chi connectivity index (χ0) is 41.1. The molecule has 0 aliphatic carbocycles. The summed E-state index contributed by atoms with van der Waals surface area (Å²) >= 11 is 0. The first-order valence-electron chi connectivity index (χ1n) is 20.7. The number of nitrogens with zero attached hydrogens (tertiary/aromatic N) is 8. The van der Waals surface area contributed by atoms with Crippen LogP contribution in [0.3, 0.4) is 0 Å². The average Bonchev–Trinajstić information content (AvgIpc) is 4.09. The van der Waals surface area contributed by atoms with Gasteiger partial charge in [-0.1, -0.05) is 68.3 Å². The zero-order valence-corrected chi connectivity index (χ0v) is 35.1. The van der Waals surface area contributed by atoms with Crippen LogP contribution in [0.15, 0.2) is 94.2 Å². The molecule has 2 aliphatic heterocycles. The van der Waals surface area contributed by atoms with E-state index in [0.29, 0.717) is 41.0 Å². The van der Waals surface area contributed by atoms with Crippen molar-refractivity contribution in [1.29, 1.82) is 0 Å². The van der Waals surface area contributed by atoms with E-state index in [1.165, 1.54) is 11.1 Å². The van der Waals surface area contributed by atoms with Crippen molar-refractivity contribution >= 4 is 0 Å². The molecule has 59 heavy (non-hydrogen) atoms. The van der Waals surface area contributed by atoms with Crippen molar-refractivity contribution in [1.82, 2.24) is 40.0 Å². The van der Waals surface area contributed by atoms with E-state index in [9.17, 15) is 0 Å². The van der Waals surface area contributed by atoms with Gasteiger partial charge in [0.25, 0.3) is 11.8 Å². The Morgan fingerprint density at radius 3 is 1.59 bits per heavy atom. The van der Waals surface area contributed by atoms with Gasteiger partial charge in [0, 0.05) is 44.2 Å². The fourth-order valence-electron chi connectivity index (χ4n) is 7.11. The van der Waals surface area contributed by atoms with Crippen molar-refractivity contribution in [2.24, 2.45) is 11.8 Å². The summed E-state index contributed by atoms with van der Waals surface area (Å²) in [5.74, 6) is 6.64.